The van der Waals surface area contributed by atoms with Gasteiger partial charge in [-0.15, -0.1) is 11.3 Å². The van der Waals surface area contributed by atoms with Crippen molar-refractivity contribution in [2.24, 2.45) is 5.73 Å². The molecule has 18 heavy (non-hydrogen) atoms. The molecule has 1 aromatic rings. The van der Waals surface area contributed by atoms with Crippen molar-refractivity contribution in [2.75, 3.05) is 26.8 Å². The first-order valence-corrected chi connectivity index (χ1v) is 7.08. The number of hydrogen-bond donors (Lipinski definition) is 1. The quantitative estimate of drug-likeness (QED) is 0.798. The third-order valence-electron chi connectivity index (χ3n) is 2.91. The number of carbonyl (C=O) groups excluding carboxylic acids is 1. The Labute approximate surface area is 111 Å². The molecule has 100 valence electrons. The lowest BCUT2D eigenvalue weighted by atomic mass is 10.3. The molecule has 0 saturated heterocycles. The van der Waals surface area contributed by atoms with Crippen molar-refractivity contribution >= 4 is 17.2 Å². The molecule has 0 atom stereocenters. The minimum absolute atomic E-state index is 0.0223. The summed E-state index contributed by atoms with van der Waals surface area (Å²) in [4.78, 5) is 18.6. The number of methoxy groups -OCH3 is 1. The monoisotopic (exact) mass is 269 g/mol. The van der Waals surface area contributed by atoms with Gasteiger partial charge in [-0.05, 0) is 19.4 Å². The standard InChI is InChI=1S/C12H19N3O2S/c1-17-7-6-15(9-2-3-9)12(16)10-8-18-11(14-10)4-5-13/h8-9H,2-7,13H2,1H3. The van der Waals surface area contributed by atoms with E-state index in [1.807, 2.05) is 10.3 Å². The fourth-order valence-electron chi connectivity index (χ4n) is 1.82. The molecule has 6 heteroatoms. The number of nitrogens with zero attached hydrogens (tertiary/aromatic N) is 2. The predicted molar refractivity (Wildman–Crippen MR) is 70.8 cm³/mol. The minimum atomic E-state index is 0.0223. The zero-order chi connectivity index (χ0) is 13.0. The van der Waals surface area contributed by atoms with Gasteiger partial charge < -0.3 is 15.4 Å². The van der Waals surface area contributed by atoms with Crippen LogP contribution < -0.4 is 5.73 Å². The lowest BCUT2D eigenvalue weighted by Crippen LogP contribution is -2.36. The molecular formula is C12H19N3O2S. The number of aromatic nitrogens is 1. The van der Waals surface area contributed by atoms with E-state index in [0.29, 0.717) is 31.4 Å². The molecule has 0 spiro atoms. The number of carbonyl (C=O) groups is 1. The Morgan fingerprint density at radius 2 is 2.44 bits per heavy atom. The Balaban J connectivity index is 2.01. The van der Waals surface area contributed by atoms with Gasteiger partial charge in [0.1, 0.15) is 5.69 Å². The largest absolute Gasteiger partial charge is 0.383 e. The molecular weight excluding hydrogens is 250 g/mol. The Bertz CT molecular complexity index is 404. The molecule has 2 N–H and O–H groups in total. The van der Waals surface area contributed by atoms with Crippen molar-refractivity contribution in [1.29, 1.82) is 0 Å². The second-order valence-electron chi connectivity index (χ2n) is 4.39. The Hall–Kier alpha value is -0.980. The minimum Gasteiger partial charge on any atom is -0.383 e. The van der Waals surface area contributed by atoms with Gasteiger partial charge in [-0.3, -0.25) is 4.79 Å². The number of hydrogen-bond acceptors (Lipinski definition) is 5. The van der Waals surface area contributed by atoms with Gasteiger partial charge in [0.25, 0.3) is 5.91 Å². The van der Waals surface area contributed by atoms with Crippen molar-refractivity contribution < 1.29 is 9.53 Å². The van der Waals surface area contributed by atoms with Crippen LogP contribution in [0.25, 0.3) is 0 Å². The van der Waals surface area contributed by atoms with Gasteiger partial charge in [0, 0.05) is 31.5 Å². The molecule has 0 aromatic carbocycles. The molecule has 1 heterocycles. The third-order valence-corrected chi connectivity index (χ3v) is 3.82. The van der Waals surface area contributed by atoms with Crippen LogP contribution in [-0.4, -0.2) is 48.6 Å². The first-order valence-electron chi connectivity index (χ1n) is 6.20. The van der Waals surface area contributed by atoms with E-state index in [-0.39, 0.29) is 5.91 Å². The summed E-state index contributed by atoms with van der Waals surface area (Å²) in [5.74, 6) is 0.0223. The van der Waals surface area contributed by atoms with E-state index in [9.17, 15) is 4.79 Å². The second kappa shape index (κ2) is 6.26. The zero-order valence-corrected chi connectivity index (χ0v) is 11.4. The molecule has 0 bridgehead atoms. The van der Waals surface area contributed by atoms with E-state index in [4.69, 9.17) is 10.5 Å². The number of thiazole rings is 1. The third kappa shape index (κ3) is 3.28. The maximum Gasteiger partial charge on any atom is 0.273 e. The highest BCUT2D eigenvalue weighted by Crippen LogP contribution is 2.28. The molecule has 1 saturated carbocycles. The lowest BCUT2D eigenvalue weighted by Gasteiger charge is -2.20. The highest BCUT2D eigenvalue weighted by molar-refractivity contribution is 7.09. The Kier molecular flexibility index (Phi) is 4.68. The van der Waals surface area contributed by atoms with E-state index < -0.39 is 0 Å². The first kappa shape index (κ1) is 13.5. The van der Waals surface area contributed by atoms with E-state index in [1.54, 1.807) is 7.11 Å². The smallest absolute Gasteiger partial charge is 0.273 e. The van der Waals surface area contributed by atoms with Crippen molar-refractivity contribution in [1.82, 2.24) is 9.88 Å². The van der Waals surface area contributed by atoms with Gasteiger partial charge in [0.15, 0.2) is 0 Å². The van der Waals surface area contributed by atoms with Crippen LogP contribution in [0.5, 0.6) is 0 Å². The van der Waals surface area contributed by atoms with E-state index in [1.165, 1.54) is 11.3 Å². The number of nitrogens with two attached hydrogens (primary N) is 1. The van der Waals surface area contributed by atoms with Crippen LogP contribution in [0.1, 0.15) is 28.3 Å². The first-order chi connectivity index (χ1) is 8.76. The lowest BCUT2D eigenvalue weighted by molar-refractivity contribution is 0.0675. The average molecular weight is 269 g/mol. The summed E-state index contributed by atoms with van der Waals surface area (Å²) < 4.78 is 5.05. The maximum atomic E-state index is 12.3. The van der Waals surface area contributed by atoms with Crippen molar-refractivity contribution in [3.05, 3.63) is 16.1 Å². The van der Waals surface area contributed by atoms with Gasteiger partial charge in [-0.1, -0.05) is 0 Å². The second-order valence-corrected chi connectivity index (χ2v) is 5.33. The number of rotatable bonds is 7. The van der Waals surface area contributed by atoms with E-state index in [0.717, 1.165) is 24.3 Å². The van der Waals surface area contributed by atoms with Crippen LogP contribution in [0.3, 0.4) is 0 Å². The predicted octanol–water partition coefficient (Wildman–Crippen LogP) is 0.895. The molecule has 0 radical (unpaired) electrons. The highest BCUT2D eigenvalue weighted by atomic mass is 32.1. The Morgan fingerprint density at radius 1 is 1.67 bits per heavy atom. The van der Waals surface area contributed by atoms with Gasteiger partial charge in [-0.25, -0.2) is 4.98 Å². The van der Waals surface area contributed by atoms with Crippen LogP contribution in [0.15, 0.2) is 5.38 Å². The molecule has 5 nitrogen and oxygen atoms in total. The van der Waals surface area contributed by atoms with Gasteiger partial charge in [0.2, 0.25) is 0 Å². The fraction of sp³-hybridized carbons (Fsp3) is 0.667. The van der Waals surface area contributed by atoms with E-state index >= 15 is 0 Å². The van der Waals surface area contributed by atoms with Crippen LogP contribution >= 0.6 is 11.3 Å². The summed E-state index contributed by atoms with van der Waals surface area (Å²) in [5.41, 5.74) is 6.03. The zero-order valence-electron chi connectivity index (χ0n) is 10.6. The number of amides is 1. The molecule has 1 aliphatic rings. The number of ether oxygens (including phenoxy) is 1. The summed E-state index contributed by atoms with van der Waals surface area (Å²) in [7, 11) is 1.65. The van der Waals surface area contributed by atoms with Crippen LogP contribution in [0.4, 0.5) is 0 Å². The summed E-state index contributed by atoms with van der Waals surface area (Å²) in [6.45, 7) is 1.78. The van der Waals surface area contributed by atoms with Gasteiger partial charge >= 0.3 is 0 Å². The van der Waals surface area contributed by atoms with Crippen molar-refractivity contribution in [3.8, 4) is 0 Å². The summed E-state index contributed by atoms with van der Waals surface area (Å²) in [5, 5.41) is 2.76. The molecule has 0 unspecified atom stereocenters. The van der Waals surface area contributed by atoms with Crippen LogP contribution in [0.2, 0.25) is 0 Å². The highest BCUT2D eigenvalue weighted by Gasteiger charge is 2.33. The molecule has 0 aliphatic heterocycles. The molecule has 1 fully saturated rings. The van der Waals surface area contributed by atoms with Gasteiger partial charge in [-0.2, -0.15) is 0 Å². The summed E-state index contributed by atoms with van der Waals surface area (Å²) >= 11 is 1.51. The SMILES string of the molecule is COCCN(C(=O)c1csc(CCN)n1)C1CC1. The fourth-order valence-corrected chi connectivity index (χ4v) is 2.61. The van der Waals surface area contributed by atoms with Gasteiger partial charge in [0.05, 0.1) is 11.6 Å². The topological polar surface area (TPSA) is 68.5 Å². The normalized spacial score (nSPS) is 14.8. The Morgan fingerprint density at radius 3 is 3.06 bits per heavy atom. The summed E-state index contributed by atoms with van der Waals surface area (Å²) in [6, 6.07) is 0.382. The summed E-state index contributed by atoms with van der Waals surface area (Å²) in [6.07, 6.45) is 2.92. The van der Waals surface area contributed by atoms with E-state index in [2.05, 4.69) is 4.98 Å². The molecule has 1 amide bonds. The van der Waals surface area contributed by atoms with Crippen LogP contribution in [0, 0.1) is 0 Å². The van der Waals surface area contributed by atoms with Crippen molar-refractivity contribution in [3.63, 3.8) is 0 Å². The molecule has 2 rings (SSSR count). The molecule has 1 aliphatic carbocycles. The maximum absolute atomic E-state index is 12.3. The average Bonchev–Trinajstić information content (AvgIpc) is 3.09. The molecule has 1 aromatic heterocycles. The van der Waals surface area contributed by atoms with Crippen molar-refractivity contribution in [2.45, 2.75) is 25.3 Å². The van der Waals surface area contributed by atoms with Crippen LogP contribution in [-0.2, 0) is 11.2 Å².